The number of phenolic OH excluding ortho intramolecular Hbond substituents is 1. The fourth-order valence-electron chi connectivity index (χ4n) is 6.24. The molecule has 3 unspecified atom stereocenters. The van der Waals surface area contributed by atoms with Crippen LogP contribution in [0.15, 0.2) is 12.1 Å². The molecular formula is C25H28N2O9. The fourth-order valence-corrected chi connectivity index (χ4v) is 6.24. The monoisotopic (exact) mass is 500 g/mol. The van der Waals surface area contributed by atoms with Crippen molar-refractivity contribution in [2.24, 2.45) is 29.4 Å². The number of primary amides is 1. The number of aryl methyl sites for hydroxylation is 1. The maximum Gasteiger partial charge on any atom is 0.305 e. The lowest BCUT2D eigenvalue weighted by atomic mass is 9.52. The quantitative estimate of drug-likeness (QED) is 0.334. The van der Waals surface area contributed by atoms with Gasteiger partial charge >= 0.3 is 5.97 Å². The van der Waals surface area contributed by atoms with Crippen molar-refractivity contribution in [2.45, 2.75) is 37.3 Å². The Balaban J connectivity index is 1.81. The van der Waals surface area contributed by atoms with Gasteiger partial charge in [0.05, 0.1) is 24.6 Å². The molecule has 6 atom stereocenters. The van der Waals surface area contributed by atoms with Crippen molar-refractivity contribution < 1.29 is 43.7 Å². The van der Waals surface area contributed by atoms with E-state index in [1.807, 2.05) is 0 Å². The van der Waals surface area contributed by atoms with E-state index in [-0.39, 0.29) is 37.0 Å². The number of carbonyl (C=O) groups excluding carboxylic acids is 6. The van der Waals surface area contributed by atoms with Gasteiger partial charge in [-0.1, -0.05) is 6.07 Å². The average molecular weight is 501 g/mol. The number of amides is 1. The number of Topliss-reactive ketones (excluding diaryl/α,β-unsaturated/α-hetero) is 4. The van der Waals surface area contributed by atoms with E-state index < -0.39 is 70.3 Å². The lowest BCUT2D eigenvalue weighted by molar-refractivity contribution is -0.181. The zero-order valence-corrected chi connectivity index (χ0v) is 20.1. The number of likely N-dealkylation sites (N-methyl/N-ethyl adjacent to an activating group) is 1. The van der Waals surface area contributed by atoms with Crippen molar-refractivity contribution in [3.63, 3.8) is 0 Å². The number of nitrogens with zero attached hydrogens (tertiary/aromatic N) is 1. The summed E-state index contributed by atoms with van der Waals surface area (Å²) in [5.41, 5.74) is 3.56. The number of aromatic hydroxyl groups is 1. The molecule has 1 aromatic carbocycles. The Bertz CT molecular complexity index is 1210. The highest BCUT2D eigenvalue weighted by Gasteiger charge is 2.69. The molecule has 0 spiro atoms. The van der Waals surface area contributed by atoms with E-state index in [1.165, 1.54) is 32.2 Å². The third-order valence-electron chi connectivity index (χ3n) is 7.87. The molecule has 3 aliphatic carbocycles. The number of aliphatic hydroxyl groups is 1. The number of fused-ring (bicyclic) bond motifs is 3. The van der Waals surface area contributed by atoms with Gasteiger partial charge in [0.1, 0.15) is 5.75 Å². The van der Waals surface area contributed by atoms with Crippen LogP contribution in [0.1, 0.15) is 34.3 Å². The van der Waals surface area contributed by atoms with Crippen LogP contribution < -0.4 is 5.73 Å². The van der Waals surface area contributed by atoms with Gasteiger partial charge in [0.2, 0.25) is 5.91 Å². The molecule has 1 amide bonds. The van der Waals surface area contributed by atoms with E-state index in [2.05, 4.69) is 4.74 Å². The minimum Gasteiger partial charge on any atom is -0.507 e. The van der Waals surface area contributed by atoms with E-state index in [0.29, 0.717) is 11.1 Å². The average Bonchev–Trinajstić information content (AvgIpc) is 2.80. The highest BCUT2D eigenvalue weighted by molar-refractivity contribution is 6.32. The molecule has 4 rings (SSSR count). The molecule has 0 radical (unpaired) electrons. The number of phenols is 1. The number of esters is 1. The lowest BCUT2D eigenvalue weighted by Crippen LogP contribution is -2.74. The molecular weight excluding hydrogens is 472 g/mol. The molecule has 36 heavy (non-hydrogen) atoms. The zero-order valence-electron chi connectivity index (χ0n) is 20.1. The van der Waals surface area contributed by atoms with Crippen molar-refractivity contribution in [1.29, 1.82) is 0 Å². The van der Waals surface area contributed by atoms with Gasteiger partial charge in [0.15, 0.2) is 34.7 Å². The standard InChI is InChI=1S/C25H28N2O9/c1-27(2)19-13-9-11-8-12-10(5-7-15(29)36-3)4-6-14(28)17(12)20(30)16(11)22(32)25(13,35)23(33)18(21(19)31)24(26)34/h4,6,11,13,16,18-19,28,35H,5,7-9H2,1-3H3,(H2,26,34)/t11-,13-,16?,18?,19?,25-/m0/s1. The van der Waals surface area contributed by atoms with Gasteiger partial charge in [-0.3, -0.25) is 33.7 Å². The minimum atomic E-state index is -2.75. The van der Waals surface area contributed by atoms with Crippen LogP contribution in [0, 0.1) is 23.7 Å². The molecule has 1 aromatic rings. The third kappa shape index (κ3) is 3.56. The van der Waals surface area contributed by atoms with E-state index >= 15 is 0 Å². The number of ketones is 4. The second kappa shape index (κ2) is 8.90. The van der Waals surface area contributed by atoms with Crippen molar-refractivity contribution in [3.8, 4) is 5.75 Å². The fraction of sp³-hybridized carbons (Fsp3) is 0.520. The molecule has 11 heteroatoms. The number of rotatable bonds is 5. The van der Waals surface area contributed by atoms with Crippen LogP contribution in [0.2, 0.25) is 0 Å². The number of nitrogens with two attached hydrogens (primary N) is 1. The number of ether oxygens (including phenoxy) is 1. The lowest BCUT2D eigenvalue weighted by Gasteiger charge is -2.52. The second-order valence-electron chi connectivity index (χ2n) is 9.96. The van der Waals surface area contributed by atoms with Crippen molar-refractivity contribution in [3.05, 3.63) is 28.8 Å². The first-order valence-electron chi connectivity index (χ1n) is 11.6. The number of methoxy groups -OCH3 is 1. The van der Waals surface area contributed by atoms with Crippen LogP contribution in [-0.4, -0.2) is 83.0 Å². The Morgan fingerprint density at radius 3 is 2.42 bits per heavy atom. The predicted octanol–water partition coefficient (Wildman–Crippen LogP) is -1.03. The summed E-state index contributed by atoms with van der Waals surface area (Å²) >= 11 is 0. The molecule has 0 aliphatic heterocycles. The van der Waals surface area contributed by atoms with Gasteiger partial charge < -0.3 is 20.7 Å². The Labute approximate surface area is 206 Å². The van der Waals surface area contributed by atoms with Crippen molar-refractivity contribution in [2.75, 3.05) is 21.2 Å². The minimum absolute atomic E-state index is 0.0318. The molecule has 0 bridgehead atoms. The van der Waals surface area contributed by atoms with Crippen LogP contribution in [-0.2, 0) is 41.6 Å². The summed E-state index contributed by atoms with van der Waals surface area (Å²) in [7, 11) is 4.31. The summed E-state index contributed by atoms with van der Waals surface area (Å²) in [5, 5.41) is 22.0. The first kappa shape index (κ1) is 25.6. The molecule has 2 saturated carbocycles. The molecule has 0 aromatic heterocycles. The molecule has 2 fully saturated rings. The number of hydrogen-bond donors (Lipinski definition) is 3. The third-order valence-corrected chi connectivity index (χ3v) is 7.87. The maximum atomic E-state index is 13.7. The summed E-state index contributed by atoms with van der Waals surface area (Å²) in [4.78, 5) is 78.7. The van der Waals surface area contributed by atoms with Gasteiger partial charge in [-0.15, -0.1) is 0 Å². The predicted molar refractivity (Wildman–Crippen MR) is 122 cm³/mol. The van der Waals surface area contributed by atoms with E-state index in [9.17, 15) is 39.0 Å². The van der Waals surface area contributed by atoms with E-state index in [4.69, 9.17) is 5.73 Å². The number of carbonyl (C=O) groups is 6. The summed E-state index contributed by atoms with van der Waals surface area (Å²) < 4.78 is 4.68. The number of hydrogen-bond acceptors (Lipinski definition) is 10. The normalized spacial score (nSPS) is 31.5. The zero-order chi connectivity index (χ0) is 26.7. The largest absolute Gasteiger partial charge is 0.507 e. The van der Waals surface area contributed by atoms with Crippen LogP contribution in [0.3, 0.4) is 0 Å². The van der Waals surface area contributed by atoms with E-state index in [0.717, 1.165) is 0 Å². The van der Waals surface area contributed by atoms with Crippen LogP contribution in [0.5, 0.6) is 5.75 Å². The Morgan fingerprint density at radius 1 is 1.17 bits per heavy atom. The van der Waals surface area contributed by atoms with Crippen LogP contribution >= 0.6 is 0 Å². The van der Waals surface area contributed by atoms with Gasteiger partial charge in [-0.05, 0) is 56.5 Å². The smallest absolute Gasteiger partial charge is 0.305 e. The van der Waals surface area contributed by atoms with Crippen LogP contribution in [0.25, 0.3) is 0 Å². The molecule has 0 heterocycles. The molecule has 0 saturated heterocycles. The Hall–Kier alpha value is -3.44. The topological polar surface area (TPSA) is 181 Å². The first-order chi connectivity index (χ1) is 16.9. The van der Waals surface area contributed by atoms with Gasteiger partial charge in [0.25, 0.3) is 0 Å². The van der Waals surface area contributed by atoms with Gasteiger partial charge in [0, 0.05) is 12.3 Å². The molecule has 3 aliphatic rings. The summed E-state index contributed by atoms with van der Waals surface area (Å²) in [6.45, 7) is 0. The van der Waals surface area contributed by atoms with Crippen molar-refractivity contribution in [1.82, 2.24) is 4.90 Å². The SMILES string of the molecule is COC(=O)CCc1ccc(O)c2c1C[C@H]1C[C@H]3C(N(C)C)C(=O)C(C(N)=O)C(=O)[C@@]3(O)C(=O)C1C2=O. The molecule has 11 nitrogen and oxygen atoms in total. The van der Waals surface area contributed by atoms with Gasteiger partial charge in [-0.25, -0.2) is 0 Å². The first-order valence-corrected chi connectivity index (χ1v) is 11.6. The highest BCUT2D eigenvalue weighted by atomic mass is 16.5. The Kier molecular flexibility index (Phi) is 6.34. The van der Waals surface area contributed by atoms with Crippen LogP contribution in [0.4, 0.5) is 0 Å². The summed E-state index contributed by atoms with van der Waals surface area (Å²) in [6, 6.07) is 1.73. The maximum absolute atomic E-state index is 13.7. The number of benzene rings is 1. The second-order valence-corrected chi connectivity index (χ2v) is 9.96. The summed E-state index contributed by atoms with van der Waals surface area (Å²) in [6.07, 6.45) is 0.392. The van der Waals surface area contributed by atoms with Gasteiger partial charge in [-0.2, -0.15) is 0 Å². The highest BCUT2D eigenvalue weighted by Crippen LogP contribution is 2.51. The Morgan fingerprint density at radius 2 is 1.83 bits per heavy atom. The van der Waals surface area contributed by atoms with E-state index in [1.54, 1.807) is 6.07 Å². The van der Waals surface area contributed by atoms with Crippen molar-refractivity contribution >= 4 is 35.0 Å². The summed E-state index contributed by atoms with van der Waals surface area (Å²) in [5.74, 6) is -11.3. The molecule has 192 valence electrons. The molecule has 4 N–H and O–H groups in total.